The summed E-state index contributed by atoms with van der Waals surface area (Å²) in [4.78, 5) is 0.155. The number of nitrogens with one attached hydrogen (secondary N) is 2. The minimum Gasteiger partial charge on any atom is -0.324 e. The van der Waals surface area contributed by atoms with Gasteiger partial charge in [0.25, 0.3) is 0 Å². The van der Waals surface area contributed by atoms with E-state index in [1.807, 2.05) is 0 Å². The van der Waals surface area contributed by atoms with Crippen LogP contribution in [0.1, 0.15) is 37.3 Å². The zero-order valence-electron chi connectivity index (χ0n) is 11.1. The van der Waals surface area contributed by atoms with E-state index >= 15 is 0 Å². The number of tetrazole rings is 1. The highest BCUT2D eigenvalue weighted by atomic mass is 32.2. The molecule has 9 heteroatoms. The Kier molecular flexibility index (Phi) is 4.12. The van der Waals surface area contributed by atoms with Crippen molar-refractivity contribution in [1.82, 2.24) is 25.3 Å². The summed E-state index contributed by atoms with van der Waals surface area (Å²) in [5, 5.41) is 13.2. The molecule has 2 atom stereocenters. The number of nitrogens with zero attached hydrogens (tertiary/aromatic N) is 3. The average molecular weight is 296 g/mol. The number of rotatable bonds is 5. The van der Waals surface area contributed by atoms with Gasteiger partial charge in [-0.1, -0.05) is 17.3 Å². The first-order valence-corrected chi connectivity index (χ1v) is 7.49. The molecule has 1 heterocycles. The Morgan fingerprint density at radius 1 is 1.35 bits per heavy atom. The van der Waals surface area contributed by atoms with Crippen LogP contribution in [0.4, 0.5) is 0 Å². The molecule has 20 heavy (non-hydrogen) atoms. The predicted octanol–water partition coefficient (Wildman–Crippen LogP) is 0.259. The van der Waals surface area contributed by atoms with E-state index in [0.717, 1.165) is 5.56 Å². The third kappa shape index (κ3) is 3.18. The SMILES string of the molecule is CC(N)c1cccc(S(=O)(=O)NC(C)c2nn[nH]n2)c1. The second-order valence-corrected chi connectivity index (χ2v) is 6.19. The van der Waals surface area contributed by atoms with E-state index in [1.165, 1.54) is 6.07 Å². The molecule has 1 aromatic carbocycles. The van der Waals surface area contributed by atoms with E-state index in [-0.39, 0.29) is 16.8 Å². The van der Waals surface area contributed by atoms with Gasteiger partial charge in [0, 0.05) is 6.04 Å². The third-order valence-electron chi connectivity index (χ3n) is 2.78. The Labute approximate surface area is 116 Å². The lowest BCUT2D eigenvalue weighted by Gasteiger charge is -2.12. The standard InChI is InChI=1S/C11H16N6O2S/c1-7(12)9-4-3-5-10(6-9)20(18,19)15-8(2)11-13-16-17-14-11/h3-8,15H,12H2,1-2H3,(H,13,14,16,17). The van der Waals surface area contributed by atoms with Crippen molar-refractivity contribution in [1.29, 1.82) is 0 Å². The van der Waals surface area contributed by atoms with Gasteiger partial charge in [-0.05, 0) is 31.5 Å². The maximum Gasteiger partial charge on any atom is 0.241 e. The molecule has 2 aromatic rings. The molecule has 0 spiro atoms. The summed E-state index contributed by atoms with van der Waals surface area (Å²) in [6, 6.07) is 5.68. The van der Waals surface area contributed by atoms with Gasteiger partial charge in [-0.2, -0.15) is 5.21 Å². The van der Waals surface area contributed by atoms with Crippen molar-refractivity contribution < 1.29 is 8.42 Å². The maximum absolute atomic E-state index is 12.3. The molecule has 0 saturated heterocycles. The van der Waals surface area contributed by atoms with E-state index in [4.69, 9.17) is 5.73 Å². The number of sulfonamides is 1. The van der Waals surface area contributed by atoms with Crippen LogP contribution in [0.2, 0.25) is 0 Å². The molecule has 8 nitrogen and oxygen atoms in total. The number of aromatic amines is 1. The van der Waals surface area contributed by atoms with Gasteiger partial charge in [0.05, 0.1) is 10.9 Å². The number of hydrogen-bond donors (Lipinski definition) is 3. The summed E-state index contributed by atoms with van der Waals surface area (Å²) >= 11 is 0. The molecular weight excluding hydrogens is 280 g/mol. The van der Waals surface area contributed by atoms with Gasteiger partial charge in [-0.3, -0.25) is 0 Å². The first kappa shape index (κ1) is 14.6. The number of benzene rings is 1. The normalized spacial score (nSPS) is 14.9. The molecule has 0 aliphatic carbocycles. The zero-order chi connectivity index (χ0) is 14.8. The second kappa shape index (κ2) is 5.65. The average Bonchev–Trinajstić information content (AvgIpc) is 2.92. The van der Waals surface area contributed by atoms with Crippen LogP contribution in [0.5, 0.6) is 0 Å². The molecule has 0 radical (unpaired) electrons. The van der Waals surface area contributed by atoms with Gasteiger partial charge in [-0.25, -0.2) is 13.1 Å². The molecule has 0 aliphatic heterocycles. The van der Waals surface area contributed by atoms with Crippen LogP contribution in [-0.4, -0.2) is 29.0 Å². The van der Waals surface area contributed by atoms with E-state index in [9.17, 15) is 8.42 Å². The van der Waals surface area contributed by atoms with Crippen LogP contribution >= 0.6 is 0 Å². The Morgan fingerprint density at radius 2 is 2.10 bits per heavy atom. The minimum absolute atomic E-state index is 0.155. The van der Waals surface area contributed by atoms with Gasteiger partial charge >= 0.3 is 0 Å². The van der Waals surface area contributed by atoms with Crippen molar-refractivity contribution in [2.75, 3.05) is 0 Å². The maximum atomic E-state index is 12.3. The molecule has 0 fully saturated rings. The van der Waals surface area contributed by atoms with Crippen molar-refractivity contribution in [3.05, 3.63) is 35.7 Å². The summed E-state index contributed by atoms with van der Waals surface area (Å²) in [5.74, 6) is 0.275. The van der Waals surface area contributed by atoms with Crippen molar-refractivity contribution in [3.8, 4) is 0 Å². The quantitative estimate of drug-likeness (QED) is 0.726. The van der Waals surface area contributed by atoms with Crippen molar-refractivity contribution in [3.63, 3.8) is 0 Å². The zero-order valence-corrected chi connectivity index (χ0v) is 11.9. The lowest BCUT2D eigenvalue weighted by atomic mass is 10.1. The second-order valence-electron chi connectivity index (χ2n) is 4.47. The highest BCUT2D eigenvalue weighted by molar-refractivity contribution is 7.89. The van der Waals surface area contributed by atoms with Crippen LogP contribution in [0.3, 0.4) is 0 Å². The molecule has 2 unspecified atom stereocenters. The first-order valence-electron chi connectivity index (χ1n) is 6.01. The van der Waals surface area contributed by atoms with Crippen molar-refractivity contribution >= 4 is 10.0 Å². The Hall–Kier alpha value is -1.84. The van der Waals surface area contributed by atoms with E-state index in [0.29, 0.717) is 0 Å². The fourth-order valence-corrected chi connectivity index (χ4v) is 2.93. The molecule has 2 rings (SSSR count). The summed E-state index contributed by atoms with van der Waals surface area (Å²) < 4.78 is 27.0. The molecule has 0 saturated carbocycles. The van der Waals surface area contributed by atoms with Gasteiger partial charge in [0.15, 0.2) is 5.82 Å². The Balaban J connectivity index is 2.24. The van der Waals surface area contributed by atoms with Crippen LogP contribution in [-0.2, 0) is 10.0 Å². The minimum atomic E-state index is -3.67. The molecule has 4 N–H and O–H groups in total. The third-order valence-corrected chi connectivity index (χ3v) is 4.31. The molecule has 1 aromatic heterocycles. The monoisotopic (exact) mass is 296 g/mol. The molecule has 0 aliphatic rings. The number of nitrogens with two attached hydrogens (primary N) is 1. The molecule has 0 amide bonds. The molecule has 0 bridgehead atoms. The fourth-order valence-electron chi connectivity index (χ4n) is 1.67. The Morgan fingerprint density at radius 3 is 2.70 bits per heavy atom. The highest BCUT2D eigenvalue weighted by Gasteiger charge is 2.21. The van der Waals surface area contributed by atoms with Gasteiger partial charge in [-0.15, -0.1) is 10.2 Å². The van der Waals surface area contributed by atoms with Crippen LogP contribution in [0, 0.1) is 0 Å². The van der Waals surface area contributed by atoms with E-state index in [2.05, 4.69) is 25.3 Å². The largest absolute Gasteiger partial charge is 0.324 e. The van der Waals surface area contributed by atoms with Crippen LogP contribution in [0.15, 0.2) is 29.2 Å². The molecular formula is C11H16N6O2S. The van der Waals surface area contributed by atoms with E-state index < -0.39 is 16.1 Å². The molecule has 108 valence electrons. The van der Waals surface area contributed by atoms with Gasteiger partial charge < -0.3 is 5.73 Å². The van der Waals surface area contributed by atoms with Gasteiger partial charge in [0.1, 0.15) is 0 Å². The Bertz CT molecular complexity index is 668. The van der Waals surface area contributed by atoms with Crippen LogP contribution in [0.25, 0.3) is 0 Å². The smallest absolute Gasteiger partial charge is 0.241 e. The summed E-state index contributed by atoms with van der Waals surface area (Å²) in [5.41, 5.74) is 6.51. The number of aromatic nitrogens is 4. The topological polar surface area (TPSA) is 127 Å². The van der Waals surface area contributed by atoms with Crippen LogP contribution < -0.4 is 10.5 Å². The van der Waals surface area contributed by atoms with E-state index in [1.54, 1.807) is 32.0 Å². The summed E-state index contributed by atoms with van der Waals surface area (Å²) in [7, 11) is -3.67. The number of hydrogen-bond acceptors (Lipinski definition) is 6. The number of H-pyrrole nitrogens is 1. The van der Waals surface area contributed by atoms with Crippen molar-refractivity contribution in [2.24, 2.45) is 5.73 Å². The predicted molar refractivity (Wildman–Crippen MR) is 72.0 cm³/mol. The summed E-state index contributed by atoms with van der Waals surface area (Å²) in [6.45, 7) is 3.43. The fraction of sp³-hybridized carbons (Fsp3) is 0.364. The first-order chi connectivity index (χ1) is 9.40. The lowest BCUT2D eigenvalue weighted by Crippen LogP contribution is -2.27. The summed E-state index contributed by atoms with van der Waals surface area (Å²) in [6.07, 6.45) is 0. The lowest BCUT2D eigenvalue weighted by molar-refractivity contribution is 0.559. The van der Waals surface area contributed by atoms with Gasteiger partial charge in [0.2, 0.25) is 10.0 Å². The van der Waals surface area contributed by atoms with Crippen molar-refractivity contribution in [2.45, 2.75) is 30.8 Å². The highest BCUT2D eigenvalue weighted by Crippen LogP contribution is 2.17.